The molecule has 13 heteroatoms. The van der Waals surface area contributed by atoms with E-state index in [1.54, 1.807) is 20.2 Å². The van der Waals surface area contributed by atoms with Crippen molar-refractivity contribution in [3.8, 4) is 5.75 Å². The lowest BCUT2D eigenvalue weighted by Crippen LogP contribution is -2.63. The number of fused-ring (bicyclic) bond motifs is 3. The third-order valence-electron chi connectivity index (χ3n) is 8.58. The van der Waals surface area contributed by atoms with Crippen LogP contribution in [-0.4, -0.2) is 104 Å². The highest BCUT2D eigenvalue weighted by Gasteiger charge is 2.63. The van der Waals surface area contributed by atoms with Crippen molar-refractivity contribution in [2.75, 3.05) is 38.3 Å². The largest absolute Gasteiger partial charge is 0.510 e. The van der Waals surface area contributed by atoms with Gasteiger partial charge >= 0.3 is 0 Å². The second-order valence-electron chi connectivity index (χ2n) is 10.9. The lowest BCUT2D eigenvalue weighted by atomic mass is 9.58. The summed E-state index contributed by atoms with van der Waals surface area (Å²) in [5.74, 6) is -7.45. The Morgan fingerprint density at radius 3 is 2.34 bits per heavy atom. The van der Waals surface area contributed by atoms with Gasteiger partial charge in [0, 0.05) is 17.2 Å². The normalized spacial score (nSPS) is 26.6. The number of primary amides is 1. The Balaban J connectivity index is 1.79. The molecule has 4 rings (SSSR count). The van der Waals surface area contributed by atoms with Crippen LogP contribution in [0.3, 0.4) is 0 Å². The Kier molecular flexibility index (Phi) is 8.29. The standard InChI is InChI=1S/C28H36N4O8S/c1-5-32(6-2)16(11-41)27(39)30-15-8-7-12-9-13-10-14-20(31(3)4)23(35)19(26(29)38)25(37)28(14,40)24(36)18(13)22(34)17(12)21(15)33/h7-8,13-14,16,20,33,35-36,40-41H,5-6,9-11H2,1-4H3,(H2,29,38)(H,30,39)/t13?,14?,16?,20-,28-/m0/s1. The van der Waals surface area contributed by atoms with Crippen LogP contribution in [0.5, 0.6) is 5.75 Å². The van der Waals surface area contributed by atoms with Crippen LogP contribution in [0, 0.1) is 11.8 Å². The zero-order valence-corrected chi connectivity index (χ0v) is 24.2. The lowest BCUT2D eigenvalue weighted by Gasteiger charge is -2.50. The van der Waals surface area contributed by atoms with Crippen molar-refractivity contribution >= 4 is 41.7 Å². The number of amides is 2. The number of nitrogens with zero attached hydrogens (tertiary/aromatic N) is 2. The molecule has 0 heterocycles. The Labute approximate surface area is 242 Å². The predicted octanol–water partition coefficient (Wildman–Crippen LogP) is 0.699. The van der Waals surface area contributed by atoms with E-state index in [1.165, 1.54) is 11.0 Å². The summed E-state index contributed by atoms with van der Waals surface area (Å²) in [5, 5.41) is 47.7. The molecule has 0 saturated carbocycles. The average Bonchev–Trinajstić information content (AvgIpc) is 2.90. The van der Waals surface area contributed by atoms with Crippen molar-refractivity contribution in [1.29, 1.82) is 0 Å². The van der Waals surface area contributed by atoms with E-state index in [4.69, 9.17) is 5.73 Å². The SMILES string of the molecule is CCN(CC)C(CS)C(=O)Nc1ccc2c(c1O)C(=O)C1=C(O)[C@]3(O)C(=O)C(C(N)=O)=C(O)[C@@H](N(C)C)C3CC1C2. The number of aliphatic hydroxyl groups is 3. The highest BCUT2D eigenvalue weighted by molar-refractivity contribution is 7.80. The number of hydrogen-bond donors (Lipinski definition) is 7. The first kappa shape index (κ1) is 30.6. The van der Waals surface area contributed by atoms with Crippen LogP contribution in [0.15, 0.2) is 34.8 Å². The molecule has 222 valence electrons. The Hall–Kier alpha value is -3.39. The molecule has 41 heavy (non-hydrogen) atoms. The quantitative estimate of drug-likeness (QED) is 0.129. The number of rotatable bonds is 8. The number of aliphatic hydroxyl groups excluding tert-OH is 2. The van der Waals surface area contributed by atoms with Gasteiger partial charge in [0.05, 0.1) is 23.3 Å². The molecule has 2 amide bonds. The topological polar surface area (TPSA) is 194 Å². The number of carbonyl (C=O) groups is 4. The number of ketones is 2. The van der Waals surface area contributed by atoms with Gasteiger partial charge in [-0.2, -0.15) is 12.6 Å². The highest BCUT2D eigenvalue weighted by atomic mass is 32.1. The number of carbonyl (C=O) groups excluding carboxylic acids is 4. The van der Waals surface area contributed by atoms with Gasteiger partial charge in [-0.25, -0.2) is 0 Å². The van der Waals surface area contributed by atoms with Crippen LogP contribution in [0.4, 0.5) is 5.69 Å². The molecule has 0 aliphatic heterocycles. The van der Waals surface area contributed by atoms with Gasteiger partial charge in [-0.1, -0.05) is 19.9 Å². The maximum absolute atomic E-state index is 13.8. The monoisotopic (exact) mass is 588 g/mol. The van der Waals surface area contributed by atoms with Gasteiger partial charge in [-0.3, -0.25) is 29.0 Å². The van der Waals surface area contributed by atoms with Crippen molar-refractivity contribution in [2.45, 2.75) is 44.4 Å². The van der Waals surface area contributed by atoms with Crippen molar-refractivity contribution in [3.63, 3.8) is 0 Å². The molecule has 7 N–H and O–H groups in total. The van der Waals surface area contributed by atoms with Gasteiger partial charge in [0.15, 0.2) is 17.1 Å². The molecule has 3 aliphatic rings. The predicted molar refractivity (Wildman–Crippen MR) is 153 cm³/mol. The molecular weight excluding hydrogens is 552 g/mol. The summed E-state index contributed by atoms with van der Waals surface area (Å²) >= 11 is 4.29. The van der Waals surface area contributed by atoms with Crippen molar-refractivity contribution < 1.29 is 39.6 Å². The summed E-state index contributed by atoms with van der Waals surface area (Å²) in [7, 11) is 3.14. The minimum atomic E-state index is -2.71. The molecule has 3 unspecified atom stereocenters. The van der Waals surface area contributed by atoms with E-state index in [-0.39, 0.29) is 35.4 Å². The smallest absolute Gasteiger partial charge is 0.255 e. The van der Waals surface area contributed by atoms with Crippen molar-refractivity contribution in [3.05, 3.63) is 45.9 Å². The minimum absolute atomic E-state index is 0.00148. The summed E-state index contributed by atoms with van der Waals surface area (Å²) in [6, 6.07) is 1.44. The molecule has 3 aliphatic carbocycles. The fourth-order valence-corrected chi connectivity index (χ4v) is 6.97. The molecule has 0 spiro atoms. The molecule has 1 aromatic rings. The summed E-state index contributed by atoms with van der Waals surface area (Å²) in [5.41, 5.74) is 1.78. The highest BCUT2D eigenvalue weighted by Crippen LogP contribution is 2.52. The first-order valence-electron chi connectivity index (χ1n) is 13.4. The molecule has 0 radical (unpaired) electrons. The van der Waals surface area contributed by atoms with E-state index in [0.717, 1.165) is 0 Å². The number of aromatic hydroxyl groups is 1. The second kappa shape index (κ2) is 11.1. The number of nitrogens with two attached hydrogens (primary N) is 1. The van der Waals surface area contributed by atoms with Gasteiger partial charge < -0.3 is 31.5 Å². The summed E-state index contributed by atoms with van der Waals surface area (Å²) in [6.07, 6.45) is 0.160. The third kappa shape index (κ3) is 4.60. The number of thiol groups is 1. The fraction of sp³-hybridized carbons (Fsp3) is 0.500. The van der Waals surface area contributed by atoms with Gasteiger partial charge in [-0.05, 0) is 57.6 Å². The Bertz CT molecular complexity index is 1390. The molecule has 12 nitrogen and oxygen atoms in total. The van der Waals surface area contributed by atoms with E-state index >= 15 is 0 Å². The van der Waals surface area contributed by atoms with Crippen molar-refractivity contribution in [1.82, 2.24) is 9.80 Å². The molecule has 0 bridgehead atoms. The maximum Gasteiger partial charge on any atom is 0.255 e. The molecule has 0 aromatic heterocycles. The van der Waals surface area contributed by atoms with Crippen LogP contribution >= 0.6 is 12.6 Å². The third-order valence-corrected chi connectivity index (χ3v) is 8.93. The Morgan fingerprint density at radius 2 is 1.80 bits per heavy atom. The number of hydrogen-bond acceptors (Lipinski definition) is 11. The first-order chi connectivity index (χ1) is 19.3. The fourth-order valence-electron chi connectivity index (χ4n) is 6.57. The molecular formula is C28H36N4O8S. The van der Waals surface area contributed by atoms with Gasteiger partial charge in [0.1, 0.15) is 17.1 Å². The van der Waals surface area contributed by atoms with Crippen LogP contribution in [0.2, 0.25) is 0 Å². The first-order valence-corrected chi connectivity index (χ1v) is 14.0. The Morgan fingerprint density at radius 1 is 1.17 bits per heavy atom. The van der Waals surface area contributed by atoms with Crippen LogP contribution < -0.4 is 11.1 Å². The molecule has 0 fully saturated rings. The number of allylic oxidation sites excluding steroid dienone is 1. The van der Waals surface area contributed by atoms with Crippen LogP contribution in [0.25, 0.3) is 0 Å². The number of nitrogens with one attached hydrogen (secondary N) is 1. The summed E-state index contributed by atoms with van der Waals surface area (Å²) in [4.78, 5) is 55.7. The van der Waals surface area contributed by atoms with Gasteiger partial charge in [0.25, 0.3) is 5.91 Å². The van der Waals surface area contributed by atoms with Crippen LogP contribution in [0.1, 0.15) is 36.2 Å². The maximum atomic E-state index is 13.8. The lowest BCUT2D eigenvalue weighted by molar-refractivity contribution is -0.148. The van der Waals surface area contributed by atoms with Gasteiger partial charge in [-0.15, -0.1) is 0 Å². The van der Waals surface area contributed by atoms with E-state index in [9.17, 15) is 39.6 Å². The molecule has 1 aromatic carbocycles. The number of likely N-dealkylation sites (N-methyl/N-ethyl adjacent to an activating group) is 2. The van der Waals surface area contributed by atoms with Gasteiger partial charge in [0.2, 0.25) is 11.7 Å². The number of phenolic OH excluding ortho intramolecular Hbond substituents is 1. The number of benzene rings is 1. The number of anilines is 1. The number of Topliss-reactive ketones (excluding diaryl/α,β-unsaturated/α-hetero) is 2. The zero-order chi connectivity index (χ0) is 30.5. The summed E-state index contributed by atoms with van der Waals surface area (Å²) in [6.45, 7) is 5.01. The van der Waals surface area contributed by atoms with Crippen molar-refractivity contribution in [2.24, 2.45) is 17.6 Å². The minimum Gasteiger partial charge on any atom is -0.510 e. The van der Waals surface area contributed by atoms with E-state index in [0.29, 0.717) is 18.7 Å². The second-order valence-corrected chi connectivity index (χ2v) is 11.2. The molecule has 0 saturated heterocycles. The van der Waals surface area contributed by atoms with E-state index < -0.39 is 75.7 Å². The van der Waals surface area contributed by atoms with Crippen LogP contribution in [-0.2, 0) is 20.8 Å². The summed E-state index contributed by atoms with van der Waals surface area (Å²) < 4.78 is 0. The van der Waals surface area contributed by atoms with E-state index in [1.807, 2.05) is 18.7 Å². The zero-order valence-electron chi connectivity index (χ0n) is 23.3. The van der Waals surface area contributed by atoms with E-state index in [2.05, 4.69) is 17.9 Å². The average molecular weight is 589 g/mol. The molecule has 5 atom stereocenters. The number of phenols is 1.